The number of nitrogens with zero attached hydrogens (tertiary/aromatic N) is 1. The Bertz CT molecular complexity index is 609. The topological polar surface area (TPSA) is 59.8 Å². The van der Waals surface area contributed by atoms with Gasteiger partial charge < -0.3 is 14.1 Å². The van der Waals surface area contributed by atoms with E-state index in [0.29, 0.717) is 30.9 Å². The van der Waals surface area contributed by atoms with Gasteiger partial charge in [-0.25, -0.2) is 4.79 Å². The highest BCUT2D eigenvalue weighted by molar-refractivity contribution is 7.99. The average molecular weight is 380 g/mol. The van der Waals surface area contributed by atoms with E-state index in [1.807, 2.05) is 30.9 Å². The zero-order valence-electron chi connectivity index (χ0n) is 15.8. The molecule has 0 radical (unpaired) electrons. The minimum atomic E-state index is -0.269. The minimum absolute atomic E-state index is 0.0787. The van der Waals surface area contributed by atoms with Crippen LogP contribution >= 0.6 is 11.8 Å². The van der Waals surface area contributed by atoms with E-state index in [2.05, 4.69) is 0 Å². The molecule has 1 aliphatic rings. The first-order valence-corrected chi connectivity index (χ1v) is 10.6. The Kier molecular flexibility index (Phi) is 8.81. The highest BCUT2D eigenvalue weighted by atomic mass is 32.2. The molecule has 1 aliphatic carbocycles. The molecule has 6 heteroatoms. The number of ether oxygens (including phenoxy) is 1. The summed E-state index contributed by atoms with van der Waals surface area (Å²) in [5.41, 5.74) is 1.56. The van der Waals surface area contributed by atoms with E-state index in [-0.39, 0.29) is 11.9 Å². The molecule has 2 rings (SSSR count). The highest BCUT2D eigenvalue weighted by Crippen LogP contribution is 2.29. The van der Waals surface area contributed by atoms with Crippen LogP contribution in [0.4, 0.5) is 0 Å². The van der Waals surface area contributed by atoms with Crippen LogP contribution < -0.4 is 0 Å². The molecule has 144 valence electrons. The number of furan rings is 1. The SMILES string of the molecule is CCOC(=O)C1=C(N(CCCc2ccco2)C(=O)CSCC)CCCC1. The molecule has 0 atom stereocenters. The van der Waals surface area contributed by atoms with E-state index in [4.69, 9.17) is 9.15 Å². The molecule has 0 fully saturated rings. The average Bonchev–Trinajstić information content (AvgIpc) is 3.17. The van der Waals surface area contributed by atoms with Crippen LogP contribution in [0.2, 0.25) is 0 Å². The van der Waals surface area contributed by atoms with Crippen molar-refractivity contribution < 1.29 is 18.7 Å². The molecule has 1 aromatic heterocycles. The Balaban J connectivity index is 2.15. The monoisotopic (exact) mass is 379 g/mol. The van der Waals surface area contributed by atoms with Gasteiger partial charge in [0.15, 0.2) is 0 Å². The van der Waals surface area contributed by atoms with Crippen LogP contribution in [-0.4, -0.2) is 41.4 Å². The molecule has 0 unspecified atom stereocenters. The molecule has 0 saturated carbocycles. The van der Waals surface area contributed by atoms with Gasteiger partial charge in [-0.3, -0.25) is 4.79 Å². The summed E-state index contributed by atoms with van der Waals surface area (Å²) in [6, 6.07) is 3.82. The number of rotatable bonds is 10. The molecule has 0 aromatic carbocycles. The van der Waals surface area contributed by atoms with Crippen LogP contribution in [0.5, 0.6) is 0 Å². The second kappa shape index (κ2) is 11.1. The van der Waals surface area contributed by atoms with Gasteiger partial charge >= 0.3 is 5.97 Å². The lowest BCUT2D eigenvalue weighted by molar-refractivity contribution is -0.139. The lowest BCUT2D eigenvalue weighted by Gasteiger charge is -2.30. The largest absolute Gasteiger partial charge is 0.469 e. The number of carbonyl (C=O) groups is 2. The van der Waals surface area contributed by atoms with E-state index < -0.39 is 0 Å². The summed E-state index contributed by atoms with van der Waals surface area (Å²) in [5, 5.41) is 0. The lowest BCUT2D eigenvalue weighted by atomic mass is 9.95. The quantitative estimate of drug-likeness (QED) is 0.571. The summed E-state index contributed by atoms with van der Waals surface area (Å²) in [4.78, 5) is 27.0. The van der Waals surface area contributed by atoms with Crippen LogP contribution in [0.25, 0.3) is 0 Å². The minimum Gasteiger partial charge on any atom is -0.469 e. The molecular formula is C20H29NO4S. The Labute approximate surface area is 160 Å². The van der Waals surface area contributed by atoms with Gasteiger partial charge in [-0.05, 0) is 56.9 Å². The van der Waals surface area contributed by atoms with Crippen LogP contribution in [0.1, 0.15) is 51.7 Å². The first-order valence-electron chi connectivity index (χ1n) is 9.47. The van der Waals surface area contributed by atoms with Gasteiger partial charge in [-0.15, -0.1) is 0 Å². The third-order valence-electron chi connectivity index (χ3n) is 4.40. The van der Waals surface area contributed by atoms with E-state index in [0.717, 1.165) is 49.3 Å². The zero-order valence-corrected chi connectivity index (χ0v) is 16.6. The van der Waals surface area contributed by atoms with E-state index in [1.165, 1.54) is 0 Å². The fourth-order valence-electron chi connectivity index (χ4n) is 3.17. The zero-order chi connectivity index (χ0) is 18.8. The predicted molar refractivity (Wildman–Crippen MR) is 104 cm³/mol. The van der Waals surface area contributed by atoms with Crippen LogP contribution in [0.15, 0.2) is 34.1 Å². The Morgan fingerprint density at radius 1 is 1.27 bits per heavy atom. The molecule has 1 amide bonds. The fourth-order valence-corrected chi connectivity index (χ4v) is 3.70. The van der Waals surface area contributed by atoms with E-state index in [1.54, 1.807) is 18.0 Å². The maximum absolute atomic E-state index is 12.8. The van der Waals surface area contributed by atoms with E-state index >= 15 is 0 Å². The van der Waals surface area contributed by atoms with Gasteiger partial charge in [0.25, 0.3) is 0 Å². The normalized spacial score (nSPS) is 14.4. The number of amides is 1. The maximum Gasteiger partial charge on any atom is 0.335 e. The third-order valence-corrected chi connectivity index (χ3v) is 5.26. The van der Waals surface area contributed by atoms with Gasteiger partial charge in [0.1, 0.15) is 5.76 Å². The third kappa shape index (κ3) is 5.94. The first-order chi connectivity index (χ1) is 12.7. The number of carbonyl (C=O) groups excluding carboxylic acids is 2. The molecule has 0 aliphatic heterocycles. The molecular weight excluding hydrogens is 350 g/mol. The second-order valence-corrected chi connectivity index (χ2v) is 7.49. The van der Waals surface area contributed by atoms with Crippen molar-refractivity contribution in [2.75, 3.05) is 24.7 Å². The summed E-state index contributed by atoms with van der Waals surface area (Å²) < 4.78 is 10.6. The molecule has 1 heterocycles. The van der Waals surface area contributed by atoms with Gasteiger partial charge in [0.05, 0.1) is 24.2 Å². The highest BCUT2D eigenvalue weighted by Gasteiger charge is 2.27. The van der Waals surface area contributed by atoms with Crippen LogP contribution in [-0.2, 0) is 20.7 Å². The lowest BCUT2D eigenvalue weighted by Crippen LogP contribution is -2.36. The fraction of sp³-hybridized carbons (Fsp3) is 0.600. The molecule has 5 nitrogen and oxygen atoms in total. The molecule has 0 N–H and O–H groups in total. The Morgan fingerprint density at radius 3 is 2.77 bits per heavy atom. The standard InChI is InChI=1S/C20H29NO4S/c1-3-24-20(23)17-11-5-6-12-18(17)21(19(22)15-26-4-2)13-7-9-16-10-8-14-25-16/h8,10,14H,3-7,9,11-13,15H2,1-2H3. The van der Waals surface area contributed by atoms with Crippen molar-refractivity contribution in [1.29, 1.82) is 0 Å². The molecule has 0 saturated heterocycles. The number of aryl methyl sites for hydroxylation is 1. The summed E-state index contributed by atoms with van der Waals surface area (Å²) in [7, 11) is 0. The summed E-state index contributed by atoms with van der Waals surface area (Å²) in [6.07, 6.45) is 6.67. The number of thioether (sulfide) groups is 1. The van der Waals surface area contributed by atoms with Gasteiger partial charge in [-0.1, -0.05) is 6.92 Å². The molecule has 0 bridgehead atoms. The van der Waals surface area contributed by atoms with Gasteiger partial charge in [0.2, 0.25) is 5.91 Å². The number of allylic oxidation sites excluding steroid dienone is 1. The van der Waals surface area contributed by atoms with Crippen molar-refractivity contribution in [3.05, 3.63) is 35.4 Å². The number of hydrogen-bond donors (Lipinski definition) is 0. The van der Waals surface area contributed by atoms with E-state index in [9.17, 15) is 9.59 Å². The van der Waals surface area contributed by atoms with Crippen LogP contribution in [0.3, 0.4) is 0 Å². The summed E-state index contributed by atoms with van der Waals surface area (Å²) >= 11 is 1.61. The van der Waals surface area contributed by atoms with Crippen molar-refractivity contribution >= 4 is 23.6 Å². The Morgan fingerprint density at radius 2 is 2.08 bits per heavy atom. The molecule has 0 spiro atoms. The molecule has 1 aromatic rings. The summed E-state index contributed by atoms with van der Waals surface area (Å²) in [5.74, 6) is 2.07. The van der Waals surface area contributed by atoms with Gasteiger partial charge in [0, 0.05) is 18.7 Å². The van der Waals surface area contributed by atoms with Crippen molar-refractivity contribution in [3.63, 3.8) is 0 Å². The van der Waals surface area contributed by atoms with Crippen molar-refractivity contribution in [2.45, 2.75) is 52.4 Å². The van der Waals surface area contributed by atoms with Gasteiger partial charge in [-0.2, -0.15) is 11.8 Å². The van der Waals surface area contributed by atoms with Crippen molar-refractivity contribution in [3.8, 4) is 0 Å². The first kappa shape index (κ1) is 20.6. The van der Waals surface area contributed by atoms with Crippen molar-refractivity contribution in [1.82, 2.24) is 4.90 Å². The van der Waals surface area contributed by atoms with Crippen LogP contribution in [0, 0.1) is 0 Å². The smallest absolute Gasteiger partial charge is 0.335 e. The second-order valence-electron chi connectivity index (χ2n) is 6.22. The number of hydrogen-bond acceptors (Lipinski definition) is 5. The maximum atomic E-state index is 12.8. The van der Waals surface area contributed by atoms with Crippen molar-refractivity contribution in [2.24, 2.45) is 0 Å². The predicted octanol–water partition coefficient (Wildman–Crippen LogP) is 4.19. The summed E-state index contributed by atoms with van der Waals surface area (Å²) in [6.45, 7) is 4.81. The Hall–Kier alpha value is -1.69. The number of esters is 1. The molecule has 26 heavy (non-hydrogen) atoms.